The molecule has 1 aliphatic carbocycles. The molecule has 1 heterocycles. The molecule has 1 atom stereocenters. The lowest BCUT2D eigenvalue weighted by Gasteiger charge is -2.13. The highest BCUT2D eigenvalue weighted by Crippen LogP contribution is 2.40. The molecule has 0 aliphatic heterocycles. The standard InChI is InChI=1S/C22H24N4O2S/c1-14-9-12-19(28-3)18(13-14)23-21(27)15(2)29-22-24-20(16-10-11-16)26(25-22)17-7-5-4-6-8-17/h4-9,12-13,15-16H,10-11H2,1-3H3,(H,23,27)/t15-/m0/s1. The van der Waals surface area contributed by atoms with Gasteiger partial charge in [0.1, 0.15) is 11.6 Å². The lowest BCUT2D eigenvalue weighted by molar-refractivity contribution is -0.115. The topological polar surface area (TPSA) is 69.0 Å². The summed E-state index contributed by atoms with van der Waals surface area (Å²) in [6, 6.07) is 15.7. The summed E-state index contributed by atoms with van der Waals surface area (Å²) in [6.07, 6.45) is 2.28. The van der Waals surface area contributed by atoms with E-state index >= 15 is 0 Å². The minimum absolute atomic E-state index is 0.108. The van der Waals surface area contributed by atoms with Gasteiger partial charge in [-0.25, -0.2) is 9.67 Å². The van der Waals surface area contributed by atoms with Gasteiger partial charge in [-0.15, -0.1) is 5.10 Å². The second-order valence-corrected chi connectivity index (χ2v) is 8.54. The average Bonchev–Trinajstić information content (AvgIpc) is 3.49. The molecule has 1 amide bonds. The number of amides is 1. The number of rotatable bonds is 7. The van der Waals surface area contributed by atoms with Crippen LogP contribution in [0.2, 0.25) is 0 Å². The third-order valence-electron chi connectivity index (χ3n) is 4.82. The first-order valence-corrected chi connectivity index (χ1v) is 10.6. The van der Waals surface area contributed by atoms with Crippen LogP contribution in [-0.2, 0) is 4.79 Å². The average molecular weight is 409 g/mol. The first-order valence-electron chi connectivity index (χ1n) is 9.69. The molecule has 1 fully saturated rings. The van der Waals surface area contributed by atoms with E-state index in [0.29, 0.717) is 22.5 Å². The Bertz CT molecular complexity index is 1010. The zero-order valence-corrected chi connectivity index (χ0v) is 17.6. The Labute approximate surface area is 174 Å². The number of thioether (sulfide) groups is 1. The number of aromatic nitrogens is 3. The van der Waals surface area contributed by atoms with Crippen LogP contribution in [0, 0.1) is 6.92 Å². The van der Waals surface area contributed by atoms with Crippen LogP contribution in [-0.4, -0.2) is 33.0 Å². The van der Waals surface area contributed by atoms with Crippen LogP contribution in [0.1, 0.15) is 37.1 Å². The number of hydrogen-bond acceptors (Lipinski definition) is 5. The monoisotopic (exact) mass is 408 g/mol. The number of carbonyl (C=O) groups is 1. The van der Waals surface area contributed by atoms with Gasteiger partial charge in [-0.1, -0.05) is 36.0 Å². The molecule has 29 heavy (non-hydrogen) atoms. The fourth-order valence-electron chi connectivity index (χ4n) is 3.08. The maximum atomic E-state index is 12.8. The van der Waals surface area contributed by atoms with E-state index in [9.17, 15) is 4.79 Å². The van der Waals surface area contributed by atoms with Crippen LogP contribution in [0.3, 0.4) is 0 Å². The Morgan fingerprint density at radius 1 is 1.24 bits per heavy atom. The Morgan fingerprint density at radius 2 is 2.00 bits per heavy atom. The molecule has 0 radical (unpaired) electrons. The number of para-hydroxylation sites is 1. The molecule has 6 nitrogen and oxygen atoms in total. The summed E-state index contributed by atoms with van der Waals surface area (Å²) < 4.78 is 7.26. The van der Waals surface area contributed by atoms with Crippen molar-refractivity contribution in [3.63, 3.8) is 0 Å². The Kier molecular flexibility index (Phi) is 5.58. The minimum Gasteiger partial charge on any atom is -0.495 e. The zero-order valence-electron chi connectivity index (χ0n) is 16.8. The van der Waals surface area contributed by atoms with Crippen molar-refractivity contribution in [1.82, 2.24) is 14.8 Å². The van der Waals surface area contributed by atoms with Gasteiger partial charge in [-0.05, 0) is 56.5 Å². The van der Waals surface area contributed by atoms with E-state index < -0.39 is 0 Å². The molecule has 1 N–H and O–H groups in total. The zero-order chi connectivity index (χ0) is 20.4. The fourth-order valence-corrected chi connectivity index (χ4v) is 3.84. The van der Waals surface area contributed by atoms with Gasteiger partial charge in [0, 0.05) is 5.92 Å². The van der Waals surface area contributed by atoms with Gasteiger partial charge in [-0.3, -0.25) is 4.79 Å². The molecule has 7 heteroatoms. The first-order chi connectivity index (χ1) is 14.0. The molecule has 0 spiro atoms. The quantitative estimate of drug-likeness (QED) is 0.580. The maximum Gasteiger partial charge on any atom is 0.237 e. The van der Waals surface area contributed by atoms with Gasteiger partial charge in [0.25, 0.3) is 0 Å². The molecule has 3 aromatic rings. The summed E-state index contributed by atoms with van der Waals surface area (Å²) in [6.45, 7) is 3.84. The fraction of sp³-hybridized carbons (Fsp3) is 0.318. The van der Waals surface area contributed by atoms with Gasteiger partial charge in [0.2, 0.25) is 11.1 Å². The van der Waals surface area contributed by atoms with Crippen molar-refractivity contribution in [2.75, 3.05) is 12.4 Å². The predicted molar refractivity (Wildman–Crippen MR) is 115 cm³/mol. The second kappa shape index (κ2) is 8.29. The van der Waals surface area contributed by atoms with Crippen molar-refractivity contribution in [1.29, 1.82) is 0 Å². The molecule has 1 aromatic heterocycles. The van der Waals surface area contributed by atoms with E-state index in [1.165, 1.54) is 11.8 Å². The summed E-state index contributed by atoms with van der Waals surface area (Å²) in [5.41, 5.74) is 2.72. The Morgan fingerprint density at radius 3 is 2.69 bits per heavy atom. The van der Waals surface area contributed by atoms with Crippen molar-refractivity contribution in [2.45, 2.75) is 43.0 Å². The van der Waals surface area contributed by atoms with Gasteiger partial charge in [-0.2, -0.15) is 0 Å². The van der Waals surface area contributed by atoms with Gasteiger partial charge < -0.3 is 10.1 Å². The van der Waals surface area contributed by atoms with E-state index in [0.717, 1.165) is 29.9 Å². The van der Waals surface area contributed by atoms with Crippen LogP contribution in [0.4, 0.5) is 5.69 Å². The minimum atomic E-state index is -0.348. The number of carbonyl (C=O) groups excluding carboxylic acids is 1. The largest absolute Gasteiger partial charge is 0.495 e. The lowest BCUT2D eigenvalue weighted by atomic mass is 10.2. The number of methoxy groups -OCH3 is 1. The van der Waals surface area contributed by atoms with Crippen molar-refractivity contribution in [3.05, 3.63) is 59.9 Å². The van der Waals surface area contributed by atoms with Crippen LogP contribution in [0.25, 0.3) is 5.69 Å². The number of benzene rings is 2. The number of hydrogen-bond donors (Lipinski definition) is 1. The van der Waals surface area contributed by atoms with Crippen LogP contribution in [0.15, 0.2) is 53.7 Å². The van der Waals surface area contributed by atoms with Gasteiger partial charge in [0.15, 0.2) is 0 Å². The molecule has 0 bridgehead atoms. The lowest BCUT2D eigenvalue weighted by Crippen LogP contribution is -2.23. The van der Waals surface area contributed by atoms with Gasteiger partial charge in [0.05, 0.1) is 23.7 Å². The van der Waals surface area contributed by atoms with E-state index in [1.807, 2.05) is 67.1 Å². The number of nitrogens with zero attached hydrogens (tertiary/aromatic N) is 3. The molecule has 1 aliphatic rings. The predicted octanol–water partition coefficient (Wildman–Crippen LogP) is 4.58. The number of anilines is 1. The van der Waals surface area contributed by atoms with Crippen LogP contribution >= 0.6 is 11.8 Å². The highest BCUT2D eigenvalue weighted by Gasteiger charge is 2.31. The SMILES string of the molecule is COc1ccc(C)cc1NC(=O)[C@H](C)Sc1nc(C2CC2)n(-c2ccccc2)n1. The summed E-state index contributed by atoms with van der Waals surface area (Å²) in [5, 5.41) is 7.92. The summed E-state index contributed by atoms with van der Waals surface area (Å²) in [4.78, 5) is 17.5. The third-order valence-corrected chi connectivity index (χ3v) is 5.77. The number of ether oxygens (including phenoxy) is 1. The Balaban J connectivity index is 1.50. The van der Waals surface area contributed by atoms with E-state index in [1.54, 1.807) is 7.11 Å². The van der Waals surface area contributed by atoms with Crippen molar-refractivity contribution < 1.29 is 9.53 Å². The summed E-state index contributed by atoms with van der Waals surface area (Å²) in [7, 11) is 1.60. The number of aryl methyl sites for hydroxylation is 1. The molecular formula is C22H24N4O2S. The summed E-state index contributed by atoms with van der Waals surface area (Å²) >= 11 is 1.37. The maximum absolute atomic E-state index is 12.8. The van der Waals surface area contributed by atoms with E-state index in [4.69, 9.17) is 9.72 Å². The first kappa shape index (κ1) is 19.5. The molecule has 2 aromatic carbocycles. The van der Waals surface area contributed by atoms with Crippen molar-refractivity contribution in [2.24, 2.45) is 0 Å². The normalized spacial score (nSPS) is 14.4. The smallest absolute Gasteiger partial charge is 0.237 e. The Hall–Kier alpha value is -2.80. The molecule has 4 rings (SSSR count). The molecular weight excluding hydrogens is 384 g/mol. The molecule has 150 valence electrons. The molecule has 0 unspecified atom stereocenters. The highest BCUT2D eigenvalue weighted by molar-refractivity contribution is 8.00. The van der Waals surface area contributed by atoms with E-state index in [2.05, 4.69) is 10.4 Å². The van der Waals surface area contributed by atoms with Gasteiger partial charge >= 0.3 is 0 Å². The summed E-state index contributed by atoms with van der Waals surface area (Å²) in [5.74, 6) is 1.97. The van der Waals surface area contributed by atoms with Crippen molar-refractivity contribution >= 4 is 23.4 Å². The van der Waals surface area contributed by atoms with E-state index in [-0.39, 0.29) is 11.2 Å². The molecule has 1 saturated carbocycles. The van der Waals surface area contributed by atoms with Crippen LogP contribution in [0.5, 0.6) is 5.75 Å². The third kappa shape index (κ3) is 4.45. The van der Waals surface area contributed by atoms with Crippen LogP contribution < -0.4 is 10.1 Å². The molecule has 0 saturated heterocycles. The second-order valence-electron chi connectivity index (χ2n) is 7.23. The van der Waals surface area contributed by atoms with Crippen molar-refractivity contribution in [3.8, 4) is 11.4 Å². The number of nitrogens with one attached hydrogen (secondary N) is 1. The highest BCUT2D eigenvalue weighted by atomic mass is 32.2.